The molecule has 2 unspecified atom stereocenters. The Morgan fingerprint density at radius 1 is 1.27 bits per heavy atom. The van der Waals surface area contributed by atoms with Gasteiger partial charge in [0.15, 0.2) is 5.60 Å². The third kappa shape index (κ3) is 5.73. The normalized spacial score (nSPS) is 27.2. The van der Waals surface area contributed by atoms with Gasteiger partial charge in [-0.15, -0.1) is 5.10 Å². The van der Waals surface area contributed by atoms with Gasteiger partial charge in [-0.2, -0.15) is 0 Å². The Balaban J connectivity index is 1.26. The van der Waals surface area contributed by atoms with Gasteiger partial charge in [0.25, 0.3) is 5.91 Å². The molecule has 1 spiro atoms. The molecule has 0 bridgehead atoms. The minimum Gasteiger partial charge on any atom is -0.395 e. The monoisotopic (exact) mass is 634 g/mol. The number of ether oxygens (including phenoxy) is 1. The molecular weight excluding hydrogens is 591 g/mol. The molecule has 45 heavy (non-hydrogen) atoms. The first-order chi connectivity index (χ1) is 21.5. The molecular formula is C33H43FN6O4Si. The van der Waals surface area contributed by atoms with Gasteiger partial charge < -0.3 is 29.5 Å². The van der Waals surface area contributed by atoms with Crippen LogP contribution in [-0.4, -0.2) is 73.2 Å². The zero-order valence-electron chi connectivity index (χ0n) is 26.4. The number of benzene rings is 2. The SMILES string of the molecule is C[C@H]1[C@H]([Si](C)(C)F)[C@@H](CCn2cc(C(CO)c3ccccc3)nn2)O[C@]12C(=O)N(C)c1ccc(NC(=O)C3CCCNC3)cc12. The number of carbonyl (C=O) groups excluding carboxylic acids is 2. The van der Waals surface area contributed by atoms with Crippen molar-refractivity contribution in [3.63, 3.8) is 0 Å². The average Bonchev–Trinajstić information content (AvgIpc) is 3.68. The number of carbonyl (C=O) groups is 2. The summed E-state index contributed by atoms with van der Waals surface area (Å²) in [7, 11) is -1.61. The Hall–Kier alpha value is -3.45. The molecule has 6 atom stereocenters. The van der Waals surface area contributed by atoms with Crippen molar-refractivity contribution in [2.24, 2.45) is 11.8 Å². The summed E-state index contributed by atoms with van der Waals surface area (Å²) in [6.45, 7) is 7.16. The van der Waals surface area contributed by atoms with Crippen molar-refractivity contribution in [3.05, 3.63) is 71.5 Å². The molecule has 3 aliphatic rings. The summed E-state index contributed by atoms with van der Waals surface area (Å²) in [6.07, 6.45) is 3.50. The number of hydrogen-bond acceptors (Lipinski definition) is 7. The molecule has 3 N–H and O–H groups in total. The first kappa shape index (κ1) is 31.5. The van der Waals surface area contributed by atoms with Gasteiger partial charge >= 0.3 is 0 Å². The van der Waals surface area contributed by atoms with E-state index in [1.54, 1.807) is 29.7 Å². The van der Waals surface area contributed by atoms with Gasteiger partial charge in [-0.05, 0) is 62.7 Å². The topological polar surface area (TPSA) is 122 Å². The number of nitrogens with zero attached hydrogens (tertiary/aromatic N) is 4. The van der Waals surface area contributed by atoms with E-state index >= 15 is 4.11 Å². The molecule has 10 nitrogen and oxygen atoms in total. The molecule has 0 aliphatic carbocycles. The maximum atomic E-state index is 16.2. The predicted octanol–water partition coefficient (Wildman–Crippen LogP) is 4.18. The zero-order valence-corrected chi connectivity index (χ0v) is 27.4. The molecule has 2 aromatic carbocycles. The summed E-state index contributed by atoms with van der Waals surface area (Å²) < 4.78 is 24.7. The number of aliphatic hydroxyl groups excluding tert-OH is 1. The molecule has 1 aromatic heterocycles. The van der Waals surface area contributed by atoms with Crippen LogP contribution in [0.3, 0.4) is 0 Å². The fourth-order valence-electron chi connectivity index (χ4n) is 7.72. The van der Waals surface area contributed by atoms with Crippen molar-refractivity contribution in [3.8, 4) is 0 Å². The minimum absolute atomic E-state index is 0.0507. The number of halogens is 1. The van der Waals surface area contributed by atoms with Crippen molar-refractivity contribution in [2.45, 2.75) is 69.0 Å². The third-order valence-electron chi connectivity index (χ3n) is 9.97. The highest BCUT2D eigenvalue weighted by Gasteiger charge is 2.66. The van der Waals surface area contributed by atoms with E-state index in [0.29, 0.717) is 42.1 Å². The smallest absolute Gasteiger partial charge is 0.264 e. The van der Waals surface area contributed by atoms with Gasteiger partial charge in [0.05, 0.1) is 35.9 Å². The van der Waals surface area contributed by atoms with Gasteiger partial charge in [0.1, 0.15) is 0 Å². The molecule has 0 radical (unpaired) electrons. The number of piperidine rings is 1. The number of aryl methyl sites for hydroxylation is 1. The summed E-state index contributed by atoms with van der Waals surface area (Å²) in [6, 6.07) is 15.2. The first-order valence-corrected chi connectivity index (χ1v) is 18.9. The minimum atomic E-state index is -3.33. The van der Waals surface area contributed by atoms with Crippen LogP contribution >= 0.6 is 0 Å². The van der Waals surface area contributed by atoms with Crippen molar-refractivity contribution in [1.82, 2.24) is 20.3 Å². The lowest BCUT2D eigenvalue weighted by Gasteiger charge is -2.31. The van der Waals surface area contributed by atoms with E-state index < -0.39 is 31.6 Å². The van der Waals surface area contributed by atoms with Crippen LogP contribution < -0.4 is 15.5 Å². The van der Waals surface area contributed by atoms with E-state index in [1.807, 2.05) is 61.7 Å². The maximum absolute atomic E-state index is 16.2. The van der Waals surface area contributed by atoms with E-state index in [1.165, 1.54) is 0 Å². The van der Waals surface area contributed by atoms with Gasteiger partial charge in [0.2, 0.25) is 14.3 Å². The largest absolute Gasteiger partial charge is 0.395 e. The lowest BCUT2D eigenvalue weighted by molar-refractivity contribution is -0.145. The number of aromatic nitrogens is 3. The average molecular weight is 635 g/mol. The second-order valence-corrected chi connectivity index (χ2v) is 17.0. The van der Waals surface area contributed by atoms with Gasteiger partial charge in [-0.25, -0.2) is 0 Å². The molecule has 240 valence electrons. The Morgan fingerprint density at radius 2 is 2.04 bits per heavy atom. The summed E-state index contributed by atoms with van der Waals surface area (Å²) >= 11 is 0. The van der Waals surface area contributed by atoms with Crippen molar-refractivity contribution in [2.75, 3.05) is 37.0 Å². The number of rotatable bonds is 9. The summed E-state index contributed by atoms with van der Waals surface area (Å²) in [5, 5.41) is 25.0. The number of anilines is 2. The van der Waals surface area contributed by atoms with Crippen LogP contribution in [0.1, 0.15) is 48.9 Å². The number of hydrogen-bond donors (Lipinski definition) is 3. The van der Waals surface area contributed by atoms with Gasteiger partial charge in [-0.1, -0.05) is 42.5 Å². The number of likely N-dealkylation sites (N-methyl/N-ethyl adjacent to an activating group) is 1. The summed E-state index contributed by atoms with van der Waals surface area (Å²) in [4.78, 5) is 28.7. The molecule has 0 saturated carbocycles. The quantitative estimate of drug-likeness (QED) is 0.239. The Morgan fingerprint density at radius 3 is 2.73 bits per heavy atom. The molecule has 3 aliphatic heterocycles. The highest BCUT2D eigenvalue weighted by molar-refractivity contribution is 6.72. The molecule has 12 heteroatoms. The van der Waals surface area contributed by atoms with E-state index in [0.717, 1.165) is 24.9 Å². The van der Waals surface area contributed by atoms with Gasteiger partial charge in [0, 0.05) is 49.0 Å². The highest BCUT2D eigenvalue weighted by atomic mass is 28.4. The molecule has 2 amide bonds. The Kier molecular flexibility index (Phi) is 8.68. The molecule has 2 saturated heterocycles. The first-order valence-electron chi connectivity index (χ1n) is 15.9. The van der Waals surface area contributed by atoms with Crippen LogP contribution in [0.2, 0.25) is 18.6 Å². The van der Waals surface area contributed by atoms with E-state index in [-0.39, 0.29) is 30.3 Å². The van der Waals surface area contributed by atoms with Crippen LogP contribution in [0.15, 0.2) is 54.7 Å². The second kappa shape index (κ2) is 12.4. The van der Waals surface area contributed by atoms with Crippen LogP contribution in [0.4, 0.5) is 15.5 Å². The Labute approximate surface area is 264 Å². The van der Waals surface area contributed by atoms with Crippen LogP contribution in [0, 0.1) is 11.8 Å². The molecule has 6 rings (SSSR count). The second-order valence-electron chi connectivity index (χ2n) is 13.2. The maximum Gasteiger partial charge on any atom is 0.264 e. The lowest BCUT2D eigenvalue weighted by Crippen LogP contribution is -2.44. The van der Waals surface area contributed by atoms with E-state index in [2.05, 4.69) is 20.9 Å². The zero-order chi connectivity index (χ0) is 31.9. The molecule has 2 fully saturated rings. The van der Waals surface area contributed by atoms with Crippen molar-refractivity contribution in [1.29, 1.82) is 0 Å². The van der Waals surface area contributed by atoms with E-state index in [4.69, 9.17) is 4.74 Å². The van der Waals surface area contributed by atoms with Crippen molar-refractivity contribution >= 4 is 31.6 Å². The predicted molar refractivity (Wildman–Crippen MR) is 172 cm³/mol. The van der Waals surface area contributed by atoms with Crippen LogP contribution in [-0.2, 0) is 26.5 Å². The number of amides is 2. The molecule has 3 aromatic rings. The number of fused-ring (bicyclic) bond motifs is 2. The summed E-state index contributed by atoms with van der Waals surface area (Å²) in [5.41, 5.74) is 1.77. The highest BCUT2D eigenvalue weighted by Crippen LogP contribution is 2.60. The number of aliphatic hydroxyl groups is 1. The fraction of sp³-hybridized carbons (Fsp3) is 0.515. The Bertz CT molecular complexity index is 1540. The summed E-state index contributed by atoms with van der Waals surface area (Å²) in [5.74, 6) is -1.11. The lowest BCUT2D eigenvalue weighted by atomic mass is 9.82. The number of nitrogens with one attached hydrogen (secondary N) is 2. The molecule has 4 heterocycles. The van der Waals surface area contributed by atoms with Crippen LogP contribution in [0.25, 0.3) is 0 Å². The third-order valence-corrected chi connectivity index (χ3v) is 12.4. The van der Waals surface area contributed by atoms with E-state index in [9.17, 15) is 14.7 Å². The van der Waals surface area contributed by atoms with Crippen molar-refractivity contribution < 1.29 is 23.5 Å². The van der Waals surface area contributed by atoms with Gasteiger partial charge in [-0.3, -0.25) is 14.3 Å². The van der Waals surface area contributed by atoms with Crippen LogP contribution in [0.5, 0.6) is 0 Å². The standard InChI is InChI=1S/C33H43FN6O4Si/c1-21-30(45(3,4)34)29(14-16-40-19-27(37-38-40)25(20-41)22-9-6-5-7-10-22)44-33(21)26-17-24(12-13-28(26)39(2)32(33)43)36-31(42)23-11-8-15-35-18-23/h5-7,9-10,12-13,17,19,21,23,25,29-30,35,41H,8,11,14-16,18,20H2,1-4H3,(H,36,42)/t21-,23?,25?,29+,30-,33+/m0/s1. The fourth-order valence-corrected chi connectivity index (χ4v) is 10.3.